The van der Waals surface area contributed by atoms with Gasteiger partial charge in [-0.15, -0.1) is 0 Å². The molecule has 0 N–H and O–H groups in total. The number of likely N-dealkylation sites (tertiary alicyclic amines) is 1. The number of imide groups is 1. The summed E-state index contributed by atoms with van der Waals surface area (Å²) in [6.07, 6.45) is 1.91. The molecule has 29 heavy (non-hydrogen) atoms. The highest BCUT2D eigenvalue weighted by Gasteiger charge is 2.42. The fourth-order valence-electron chi connectivity index (χ4n) is 3.72. The van der Waals surface area contributed by atoms with Crippen molar-refractivity contribution < 1.29 is 14.5 Å². The van der Waals surface area contributed by atoms with Gasteiger partial charge in [-0.25, -0.2) is 0 Å². The van der Waals surface area contributed by atoms with Gasteiger partial charge in [-0.2, -0.15) is 0 Å². The van der Waals surface area contributed by atoms with Crippen LogP contribution in [0.2, 0.25) is 5.02 Å². The van der Waals surface area contributed by atoms with E-state index in [-0.39, 0.29) is 24.0 Å². The van der Waals surface area contributed by atoms with Gasteiger partial charge < -0.3 is 4.90 Å². The van der Waals surface area contributed by atoms with Gasteiger partial charge in [-0.05, 0) is 48.2 Å². The molecule has 8 heteroatoms. The Balaban J connectivity index is 1.72. The molecule has 0 saturated carbocycles. The Hall–Kier alpha value is -3.19. The first-order valence-electron chi connectivity index (χ1n) is 9.30. The molecule has 0 atom stereocenters. The highest BCUT2D eigenvalue weighted by atomic mass is 35.5. The van der Waals surface area contributed by atoms with Crippen molar-refractivity contribution in [3.63, 3.8) is 0 Å². The molecule has 0 aliphatic carbocycles. The fraction of sp³-hybridized carbons (Fsp3) is 0.238. The summed E-state index contributed by atoms with van der Waals surface area (Å²) in [5.74, 6) is -0.721. The van der Waals surface area contributed by atoms with Crippen LogP contribution < -0.4 is 0 Å². The minimum atomic E-state index is -0.492. The predicted molar refractivity (Wildman–Crippen MR) is 108 cm³/mol. The number of amides is 2. The fourth-order valence-corrected chi connectivity index (χ4v) is 3.85. The van der Waals surface area contributed by atoms with E-state index in [2.05, 4.69) is 0 Å². The summed E-state index contributed by atoms with van der Waals surface area (Å²) in [5.41, 5.74) is 1.93. The van der Waals surface area contributed by atoms with Crippen LogP contribution in [0.4, 0.5) is 5.69 Å². The molecule has 148 valence electrons. The molecule has 2 aliphatic rings. The number of nitrogens with zero attached hydrogens (tertiary/aromatic N) is 3. The van der Waals surface area contributed by atoms with Crippen LogP contribution in [-0.4, -0.2) is 39.6 Å². The van der Waals surface area contributed by atoms with Gasteiger partial charge in [-0.3, -0.25) is 24.6 Å². The summed E-state index contributed by atoms with van der Waals surface area (Å²) < 4.78 is 0. The third-order valence-corrected chi connectivity index (χ3v) is 5.44. The van der Waals surface area contributed by atoms with Crippen molar-refractivity contribution in [3.8, 4) is 0 Å². The Bertz CT molecular complexity index is 1010. The van der Waals surface area contributed by atoms with E-state index in [9.17, 15) is 19.7 Å². The van der Waals surface area contributed by atoms with Crippen LogP contribution in [0.5, 0.6) is 0 Å². The van der Waals surface area contributed by atoms with Crippen LogP contribution in [0.3, 0.4) is 0 Å². The first kappa shape index (κ1) is 19.1. The van der Waals surface area contributed by atoms with Crippen molar-refractivity contribution in [2.75, 3.05) is 13.1 Å². The summed E-state index contributed by atoms with van der Waals surface area (Å²) in [5, 5.41) is 11.5. The van der Waals surface area contributed by atoms with Crippen molar-refractivity contribution in [1.82, 2.24) is 9.80 Å². The van der Waals surface area contributed by atoms with Gasteiger partial charge in [-0.1, -0.05) is 23.7 Å². The van der Waals surface area contributed by atoms with Crippen molar-refractivity contribution >= 4 is 34.7 Å². The van der Waals surface area contributed by atoms with Crippen LogP contribution in [0.1, 0.15) is 24.0 Å². The minimum Gasteiger partial charge on any atom is -0.366 e. The van der Waals surface area contributed by atoms with E-state index in [4.69, 9.17) is 11.6 Å². The first-order valence-corrected chi connectivity index (χ1v) is 9.68. The van der Waals surface area contributed by atoms with Gasteiger partial charge in [0, 0.05) is 30.2 Å². The number of halogens is 1. The maximum atomic E-state index is 13.2. The number of benzene rings is 2. The van der Waals surface area contributed by atoms with E-state index in [0.717, 1.165) is 18.4 Å². The summed E-state index contributed by atoms with van der Waals surface area (Å²) in [6, 6.07) is 12.8. The Morgan fingerprint density at radius 1 is 0.931 bits per heavy atom. The van der Waals surface area contributed by atoms with E-state index >= 15 is 0 Å². The minimum absolute atomic E-state index is 0.0631. The molecule has 0 radical (unpaired) electrons. The van der Waals surface area contributed by atoms with Crippen LogP contribution in [0.25, 0.3) is 5.57 Å². The standard InChI is InChI=1S/C21H18ClN3O4/c22-16-7-3-14(4-8-16)13-24-20(26)18(15-5-9-17(10-6-15)25(28)29)19(21(24)27)23-11-1-2-12-23/h3-10H,1-2,11-13H2. The molecule has 2 aromatic rings. The molecule has 2 aliphatic heterocycles. The monoisotopic (exact) mass is 411 g/mol. The van der Waals surface area contributed by atoms with Gasteiger partial charge in [0.05, 0.1) is 17.0 Å². The lowest BCUT2D eigenvalue weighted by molar-refractivity contribution is -0.384. The summed E-state index contributed by atoms with van der Waals surface area (Å²) in [7, 11) is 0. The second-order valence-electron chi connectivity index (χ2n) is 7.04. The number of hydrogen-bond donors (Lipinski definition) is 0. The number of hydrogen-bond acceptors (Lipinski definition) is 5. The zero-order chi connectivity index (χ0) is 20.5. The molecule has 1 fully saturated rings. The van der Waals surface area contributed by atoms with Gasteiger partial charge in [0.2, 0.25) is 0 Å². The van der Waals surface area contributed by atoms with Crippen LogP contribution in [0, 0.1) is 10.1 Å². The number of non-ortho nitro benzene ring substituents is 1. The Kier molecular flexibility index (Phi) is 5.07. The molecule has 2 amide bonds. The molecule has 2 heterocycles. The van der Waals surface area contributed by atoms with Crippen LogP contribution in [0.15, 0.2) is 54.2 Å². The highest BCUT2D eigenvalue weighted by Crippen LogP contribution is 2.34. The molecule has 2 aromatic carbocycles. The summed E-state index contributed by atoms with van der Waals surface area (Å²) in [6.45, 7) is 1.56. The Morgan fingerprint density at radius 3 is 2.14 bits per heavy atom. The SMILES string of the molecule is O=C1C(c2ccc([N+](=O)[O-])cc2)=C(N2CCCC2)C(=O)N1Cc1ccc(Cl)cc1. The van der Waals surface area contributed by atoms with Gasteiger partial charge >= 0.3 is 0 Å². The Morgan fingerprint density at radius 2 is 1.55 bits per heavy atom. The molecule has 0 spiro atoms. The van der Waals surface area contributed by atoms with Gasteiger partial charge in [0.25, 0.3) is 17.5 Å². The van der Waals surface area contributed by atoms with Gasteiger partial charge in [0.1, 0.15) is 5.70 Å². The van der Waals surface area contributed by atoms with E-state index < -0.39 is 4.92 Å². The lowest BCUT2D eigenvalue weighted by atomic mass is 10.0. The molecule has 4 rings (SSSR count). The average molecular weight is 412 g/mol. The van der Waals surface area contributed by atoms with Gasteiger partial charge in [0.15, 0.2) is 0 Å². The largest absolute Gasteiger partial charge is 0.366 e. The topological polar surface area (TPSA) is 83.8 Å². The van der Waals surface area contributed by atoms with E-state index in [1.54, 1.807) is 24.3 Å². The molecular formula is C21H18ClN3O4. The number of rotatable bonds is 5. The number of carbonyl (C=O) groups excluding carboxylic acids is 2. The maximum Gasteiger partial charge on any atom is 0.278 e. The second-order valence-corrected chi connectivity index (χ2v) is 7.48. The molecule has 1 saturated heterocycles. The van der Waals surface area contributed by atoms with E-state index in [1.807, 2.05) is 4.90 Å². The maximum absolute atomic E-state index is 13.2. The van der Waals surface area contributed by atoms with E-state index in [1.165, 1.54) is 29.2 Å². The predicted octanol–water partition coefficient (Wildman–Crippen LogP) is 3.62. The molecule has 0 unspecified atom stereocenters. The van der Waals surface area contributed by atoms with Crippen molar-refractivity contribution in [2.45, 2.75) is 19.4 Å². The average Bonchev–Trinajstić information content (AvgIpc) is 3.32. The zero-order valence-corrected chi connectivity index (χ0v) is 16.3. The molecule has 0 aromatic heterocycles. The lowest BCUT2D eigenvalue weighted by Gasteiger charge is -2.20. The Labute approximate surface area is 172 Å². The highest BCUT2D eigenvalue weighted by molar-refractivity contribution is 6.35. The van der Waals surface area contributed by atoms with E-state index in [0.29, 0.717) is 34.9 Å². The summed E-state index contributed by atoms with van der Waals surface area (Å²) in [4.78, 5) is 40.1. The molecular weight excluding hydrogens is 394 g/mol. The lowest BCUT2D eigenvalue weighted by Crippen LogP contribution is -2.34. The number of nitro groups is 1. The van der Waals surface area contributed by atoms with Crippen molar-refractivity contribution in [1.29, 1.82) is 0 Å². The molecule has 0 bridgehead atoms. The smallest absolute Gasteiger partial charge is 0.278 e. The number of nitro benzene ring substituents is 1. The third kappa shape index (κ3) is 3.61. The van der Waals surface area contributed by atoms with Crippen LogP contribution in [-0.2, 0) is 16.1 Å². The quantitative estimate of drug-likeness (QED) is 0.426. The molecule has 7 nitrogen and oxygen atoms in total. The zero-order valence-electron chi connectivity index (χ0n) is 15.5. The second kappa shape index (κ2) is 7.67. The first-order chi connectivity index (χ1) is 14.0. The van der Waals surface area contributed by atoms with Crippen molar-refractivity contribution in [2.24, 2.45) is 0 Å². The summed E-state index contributed by atoms with van der Waals surface area (Å²) >= 11 is 5.92. The third-order valence-electron chi connectivity index (χ3n) is 5.19. The van der Waals surface area contributed by atoms with Crippen LogP contribution >= 0.6 is 11.6 Å². The number of carbonyl (C=O) groups is 2. The van der Waals surface area contributed by atoms with Crippen molar-refractivity contribution in [3.05, 3.63) is 80.5 Å². The normalized spacial score (nSPS) is 16.9.